The molecule has 0 amide bonds. The van der Waals surface area contributed by atoms with Crippen LogP contribution in [0.3, 0.4) is 0 Å². The van der Waals surface area contributed by atoms with Gasteiger partial charge in [0.1, 0.15) is 16.9 Å². The average Bonchev–Trinajstić information content (AvgIpc) is 3.15. The molecule has 0 aliphatic heterocycles. The summed E-state index contributed by atoms with van der Waals surface area (Å²) < 4.78 is 10.6. The number of aromatic nitrogens is 1. The lowest BCUT2D eigenvalue weighted by molar-refractivity contribution is 0.119. The van der Waals surface area contributed by atoms with Crippen LogP contribution in [0.4, 0.5) is 0 Å². The Balaban J connectivity index is 0.00000392. The van der Waals surface area contributed by atoms with E-state index in [1.54, 1.807) is 25.6 Å². The van der Waals surface area contributed by atoms with Gasteiger partial charge in [-0.2, -0.15) is 0 Å². The fourth-order valence-corrected chi connectivity index (χ4v) is 3.43. The number of hydrogen-bond donors (Lipinski definition) is 1. The second-order valence-corrected chi connectivity index (χ2v) is 7.14. The molecule has 6 nitrogen and oxygen atoms in total. The second kappa shape index (κ2) is 12.9. The van der Waals surface area contributed by atoms with Gasteiger partial charge < -0.3 is 19.7 Å². The first-order valence-electron chi connectivity index (χ1n) is 9.16. The number of aliphatic imine (C=N–C) groups is 1. The standard InChI is InChI=1S/C20H30N4O2S.HI/c1-6-21-20(22-11-10-16-8-7-9-18(12-16)26-5)24(3)13-17-14-27-19(23-17)15(2)25-4;/h7-9,12,14-15H,6,10-11,13H2,1-5H3,(H,21,22);1H. The van der Waals surface area contributed by atoms with Gasteiger partial charge in [-0.05, 0) is 38.0 Å². The van der Waals surface area contributed by atoms with Gasteiger partial charge in [0, 0.05) is 32.6 Å². The molecule has 1 atom stereocenters. The van der Waals surface area contributed by atoms with Crippen LogP contribution in [0.1, 0.15) is 36.2 Å². The molecule has 0 aliphatic rings. The van der Waals surface area contributed by atoms with Crippen molar-refractivity contribution >= 4 is 41.3 Å². The maximum Gasteiger partial charge on any atom is 0.194 e. The number of thiazole rings is 1. The van der Waals surface area contributed by atoms with Crippen LogP contribution in [0.5, 0.6) is 5.75 Å². The van der Waals surface area contributed by atoms with Crippen LogP contribution in [-0.4, -0.2) is 50.2 Å². The Hall–Kier alpha value is -1.39. The molecule has 0 aliphatic carbocycles. The van der Waals surface area contributed by atoms with Crippen molar-refractivity contribution in [2.75, 3.05) is 34.4 Å². The van der Waals surface area contributed by atoms with Crippen LogP contribution in [0.2, 0.25) is 0 Å². The van der Waals surface area contributed by atoms with Gasteiger partial charge >= 0.3 is 0 Å². The molecule has 0 radical (unpaired) electrons. The summed E-state index contributed by atoms with van der Waals surface area (Å²) in [4.78, 5) is 11.5. The Morgan fingerprint density at radius 1 is 1.36 bits per heavy atom. The highest BCUT2D eigenvalue weighted by molar-refractivity contribution is 14.0. The minimum Gasteiger partial charge on any atom is -0.497 e. The highest BCUT2D eigenvalue weighted by Gasteiger charge is 2.12. The number of ether oxygens (including phenoxy) is 2. The van der Waals surface area contributed by atoms with E-state index < -0.39 is 0 Å². The fourth-order valence-electron chi connectivity index (χ4n) is 2.59. The molecule has 1 unspecified atom stereocenters. The quantitative estimate of drug-likeness (QED) is 0.308. The molecular weight excluding hydrogens is 487 g/mol. The van der Waals surface area contributed by atoms with E-state index in [0.29, 0.717) is 13.1 Å². The summed E-state index contributed by atoms with van der Waals surface area (Å²) >= 11 is 1.63. The number of halogens is 1. The predicted molar refractivity (Wildman–Crippen MR) is 127 cm³/mol. The predicted octanol–water partition coefficient (Wildman–Crippen LogP) is 4.12. The molecule has 0 saturated carbocycles. The normalized spacial score (nSPS) is 12.2. The fraction of sp³-hybridized carbons (Fsp3) is 0.500. The summed E-state index contributed by atoms with van der Waals surface area (Å²) in [5.41, 5.74) is 2.24. The van der Waals surface area contributed by atoms with Crippen LogP contribution in [0.15, 0.2) is 34.6 Å². The van der Waals surface area contributed by atoms with Crippen molar-refractivity contribution in [3.8, 4) is 5.75 Å². The van der Waals surface area contributed by atoms with Crippen molar-refractivity contribution in [1.29, 1.82) is 0 Å². The SMILES string of the molecule is CCNC(=NCCc1cccc(OC)c1)N(C)Cc1csc(C(C)OC)n1.I. The van der Waals surface area contributed by atoms with Gasteiger partial charge in [-0.15, -0.1) is 35.3 Å². The first kappa shape index (κ1) is 24.6. The Morgan fingerprint density at radius 3 is 2.82 bits per heavy atom. The summed E-state index contributed by atoms with van der Waals surface area (Å²) in [6.07, 6.45) is 0.894. The highest BCUT2D eigenvalue weighted by Crippen LogP contribution is 2.21. The van der Waals surface area contributed by atoms with Gasteiger partial charge in [-0.3, -0.25) is 4.99 Å². The topological polar surface area (TPSA) is 59.0 Å². The molecule has 1 heterocycles. The maximum atomic E-state index is 5.34. The molecule has 2 rings (SSSR count). The lowest BCUT2D eigenvalue weighted by atomic mass is 10.1. The van der Waals surface area contributed by atoms with E-state index in [0.717, 1.165) is 35.4 Å². The molecule has 1 N–H and O–H groups in total. The van der Waals surface area contributed by atoms with E-state index in [9.17, 15) is 0 Å². The number of methoxy groups -OCH3 is 2. The third kappa shape index (κ3) is 7.56. The van der Waals surface area contributed by atoms with Crippen molar-refractivity contribution in [2.45, 2.75) is 32.9 Å². The zero-order chi connectivity index (χ0) is 19.6. The number of nitrogens with zero attached hydrogens (tertiary/aromatic N) is 3. The molecule has 0 bridgehead atoms. The molecular formula is C20H31IN4O2S. The molecule has 8 heteroatoms. The molecule has 28 heavy (non-hydrogen) atoms. The average molecular weight is 518 g/mol. The van der Waals surface area contributed by atoms with Crippen molar-refractivity contribution in [3.05, 3.63) is 45.9 Å². The lowest BCUT2D eigenvalue weighted by Gasteiger charge is -2.21. The van der Waals surface area contributed by atoms with Gasteiger partial charge in [-0.1, -0.05) is 12.1 Å². The monoisotopic (exact) mass is 518 g/mol. The smallest absolute Gasteiger partial charge is 0.194 e. The summed E-state index contributed by atoms with van der Waals surface area (Å²) in [6.45, 7) is 6.33. The van der Waals surface area contributed by atoms with Crippen molar-refractivity contribution in [2.24, 2.45) is 4.99 Å². The van der Waals surface area contributed by atoms with Gasteiger partial charge in [0.25, 0.3) is 0 Å². The van der Waals surface area contributed by atoms with Gasteiger partial charge in [0.05, 0.1) is 19.3 Å². The lowest BCUT2D eigenvalue weighted by Crippen LogP contribution is -2.38. The summed E-state index contributed by atoms with van der Waals surface area (Å²) in [7, 11) is 5.43. The molecule has 1 aromatic heterocycles. The minimum atomic E-state index is 0. The Morgan fingerprint density at radius 2 is 2.14 bits per heavy atom. The summed E-state index contributed by atoms with van der Waals surface area (Å²) in [6, 6.07) is 8.12. The molecule has 1 aromatic carbocycles. The van der Waals surface area contributed by atoms with Crippen LogP contribution >= 0.6 is 35.3 Å². The Bertz CT molecular complexity index is 739. The van der Waals surface area contributed by atoms with Crippen LogP contribution in [0, 0.1) is 0 Å². The number of nitrogens with one attached hydrogen (secondary N) is 1. The van der Waals surface area contributed by atoms with E-state index in [1.807, 2.05) is 26.1 Å². The van der Waals surface area contributed by atoms with E-state index >= 15 is 0 Å². The third-order valence-corrected chi connectivity index (χ3v) is 5.22. The van der Waals surface area contributed by atoms with Crippen molar-refractivity contribution in [1.82, 2.24) is 15.2 Å². The summed E-state index contributed by atoms with van der Waals surface area (Å²) in [5.74, 6) is 1.76. The van der Waals surface area contributed by atoms with Crippen LogP contribution < -0.4 is 10.1 Å². The number of benzene rings is 1. The van der Waals surface area contributed by atoms with Crippen molar-refractivity contribution < 1.29 is 9.47 Å². The number of rotatable bonds is 9. The largest absolute Gasteiger partial charge is 0.497 e. The molecule has 0 spiro atoms. The summed E-state index contributed by atoms with van der Waals surface area (Å²) in [5, 5.41) is 6.44. The minimum absolute atomic E-state index is 0. The first-order valence-corrected chi connectivity index (χ1v) is 10.0. The zero-order valence-corrected chi connectivity index (χ0v) is 20.4. The van der Waals surface area contributed by atoms with E-state index in [1.165, 1.54) is 5.56 Å². The number of hydrogen-bond acceptors (Lipinski definition) is 5. The van der Waals surface area contributed by atoms with Crippen molar-refractivity contribution in [3.63, 3.8) is 0 Å². The molecule has 2 aromatic rings. The van der Waals surface area contributed by atoms with E-state index in [-0.39, 0.29) is 30.1 Å². The molecule has 0 fully saturated rings. The first-order chi connectivity index (χ1) is 13.1. The molecule has 0 saturated heterocycles. The van der Waals surface area contributed by atoms with Gasteiger partial charge in [-0.25, -0.2) is 4.98 Å². The van der Waals surface area contributed by atoms with Gasteiger partial charge in [0.15, 0.2) is 5.96 Å². The Labute approximate surface area is 189 Å². The number of guanidine groups is 1. The van der Waals surface area contributed by atoms with Gasteiger partial charge in [0.2, 0.25) is 0 Å². The maximum absolute atomic E-state index is 5.34. The third-order valence-electron chi connectivity index (χ3n) is 4.16. The van der Waals surface area contributed by atoms with Crippen LogP contribution in [0.25, 0.3) is 0 Å². The van der Waals surface area contributed by atoms with Crippen LogP contribution in [-0.2, 0) is 17.7 Å². The van der Waals surface area contributed by atoms with E-state index in [4.69, 9.17) is 14.5 Å². The highest BCUT2D eigenvalue weighted by atomic mass is 127. The molecule has 156 valence electrons. The Kier molecular flexibility index (Phi) is 11.4. The second-order valence-electron chi connectivity index (χ2n) is 6.25. The zero-order valence-electron chi connectivity index (χ0n) is 17.3. The van der Waals surface area contributed by atoms with E-state index in [2.05, 4.69) is 39.6 Å².